The van der Waals surface area contributed by atoms with Gasteiger partial charge in [-0.2, -0.15) is 4.99 Å². The van der Waals surface area contributed by atoms with E-state index in [1.165, 1.54) is 0 Å². The van der Waals surface area contributed by atoms with Crippen LogP contribution in [0.1, 0.15) is 10.4 Å². The zero-order valence-electron chi connectivity index (χ0n) is 11.1. The van der Waals surface area contributed by atoms with Crippen LogP contribution < -0.4 is 11.5 Å². The summed E-state index contributed by atoms with van der Waals surface area (Å²) in [4.78, 5) is 15.4. The van der Waals surface area contributed by atoms with Crippen LogP contribution in [0, 0.1) is 0 Å². The number of carbonyl (C=O) groups is 1. The Morgan fingerprint density at radius 2 is 1.86 bits per heavy atom. The second-order valence-electron chi connectivity index (χ2n) is 4.57. The third-order valence-corrected chi connectivity index (χ3v) is 3.13. The van der Waals surface area contributed by atoms with E-state index in [0.717, 1.165) is 22.1 Å². The molecule has 0 spiro atoms. The van der Waals surface area contributed by atoms with Gasteiger partial charge in [0, 0.05) is 16.5 Å². The number of furan rings is 1. The summed E-state index contributed by atoms with van der Waals surface area (Å²) >= 11 is 0. The van der Waals surface area contributed by atoms with Gasteiger partial charge >= 0.3 is 0 Å². The normalized spacial score (nSPS) is 10.5. The van der Waals surface area contributed by atoms with Crippen molar-refractivity contribution in [2.75, 3.05) is 0 Å². The largest absolute Gasteiger partial charge is 0.464 e. The lowest BCUT2D eigenvalue weighted by Gasteiger charge is -2.04. The van der Waals surface area contributed by atoms with Crippen LogP contribution in [0.2, 0.25) is 0 Å². The van der Waals surface area contributed by atoms with Crippen molar-refractivity contribution in [3.8, 4) is 11.1 Å². The van der Waals surface area contributed by atoms with Gasteiger partial charge in [-0.1, -0.05) is 30.3 Å². The first-order valence-electron chi connectivity index (χ1n) is 6.36. The quantitative estimate of drug-likeness (QED) is 0.556. The van der Waals surface area contributed by atoms with Crippen LogP contribution in [0.25, 0.3) is 22.1 Å². The molecular weight excluding hydrogens is 266 g/mol. The second kappa shape index (κ2) is 5.13. The first-order chi connectivity index (χ1) is 10.1. The molecule has 0 fully saturated rings. The highest BCUT2D eigenvalue weighted by Crippen LogP contribution is 2.29. The number of amides is 1. The van der Waals surface area contributed by atoms with E-state index in [0.29, 0.717) is 5.56 Å². The summed E-state index contributed by atoms with van der Waals surface area (Å²) < 4.78 is 5.52. The minimum Gasteiger partial charge on any atom is -0.464 e. The van der Waals surface area contributed by atoms with E-state index in [1.807, 2.05) is 30.3 Å². The predicted octanol–water partition coefficient (Wildman–Crippen LogP) is 2.51. The molecule has 1 aromatic heterocycles. The molecule has 0 atom stereocenters. The molecule has 3 aromatic rings. The zero-order valence-corrected chi connectivity index (χ0v) is 11.1. The summed E-state index contributed by atoms with van der Waals surface area (Å²) in [5.41, 5.74) is 13.4. The van der Waals surface area contributed by atoms with Gasteiger partial charge in [0.25, 0.3) is 5.91 Å². The van der Waals surface area contributed by atoms with Crippen LogP contribution in [-0.2, 0) is 0 Å². The Bertz CT molecular complexity index is 845. The molecule has 0 radical (unpaired) electrons. The maximum absolute atomic E-state index is 11.9. The van der Waals surface area contributed by atoms with Crippen molar-refractivity contribution >= 4 is 22.8 Å². The van der Waals surface area contributed by atoms with Crippen LogP contribution in [0.3, 0.4) is 0 Å². The maximum Gasteiger partial charge on any atom is 0.280 e. The maximum atomic E-state index is 11.9. The minimum absolute atomic E-state index is 0.251. The molecule has 0 unspecified atom stereocenters. The van der Waals surface area contributed by atoms with E-state index in [1.54, 1.807) is 24.5 Å². The predicted molar refractivity (Wildman–Crippen MR) is 81.8 cm³/mol. The van der Waals surface area contributed by atoms with E-state index in [9.17, 15) is 4.79 Å². The monoisotopic (exact) mass is 279 g/mol. The van der Waals surface area contributed by atoms with Crippen LogP contribution in [0.5, 0.6) is 0 Å². The first-order valence-corrected chi connectivity index (χ1v) is 6.36. The van der Waals surface area contributed by atoms with Gasteiger partial charge in [-0.05, 0) is 23.8 Å². The molecule has 0 aliphatic heterocycles. The van der Waals surface area contributed by atoms with Gasteiger partial charge in [-0.25, -0.2) is 0 Å². The lowest BCUT2D eigenvalue weighted by molar-refractivity contribution is 0.100. The molecule has 0 saturated carbocycles. The Kier molecular flexibility index (Phi) is 3.16. The molecule has 2 aromatic carbocycles. The van der Waals surface area contributed by atoms with Crippen molar-refractivity contribution < 1.29 is 9.21 Å². The third-order valence-electron chi connectivity index (χ3n) is 3.13. The second-order valence-corrected chi connectivity index (χ2v) is 4.57. The molecule has 0 aliphatic carbocycles. The van der Waals surface area contributed by atoms with E-state index in [-0.39, 0.29) is 5.96 Å². The first kappa shape index (κ1) is 12.9. The highest BCUT2D eigenvalue weighted by molar-refractivity contribution is 6.03. The number of hydrogen-bond donors (Lipinski definition) is 2. The van der Waals surface area contributed by atoms with Crippen molar-refractivity contribution in [1.82, 2.24) is 0 Å². The summed E-state index contributed by atoms with van der Waals surface area (Å²) in [6, 6.07) is 14.8. The average Bonchev–Trinajstić information content (AvgIpc) is 2.95. The van der Waals surface area contributed by atoms with Gasteiger partial charge < -0.3 is 15.9 Å². The van der Waals surface area contributed by atoms with Crippen molar-refractivity contribution in [1.29, 1.82) is 0 Å². The molecule has 5 heteroatoms. The number of nitrogens with zero attached hydrogens (tertiary/aromatic N) is 1. The van der Waals surface area contributed by atoms with Crippen LogP contribution >= 0.6 is 0 Å². The van der Waals surface area contributed by atoms with Crippen molar-refractivity contribution in [2.24, 2.45) is 16.5 Å². The fourth-order valence-electron chi connectivity index (χ4n) is 2.22. The van der Waals surface area contributed by atoms with E-state index >= 15 is 0 Å². The Hall–Kier alpha value is -3.08. The van der Waals surface area contributed by atoms with E-state index < -0.39 is 5.91 Å². The Morgan fingerprint density at radius 3 is 2.67 bits per heavy atom. The van der Waals surface area contributed by atoms with Crippen LogP contribution in [-0.4, -0.2) is 11.9 Å². The molecule has 5 nitrogen and oxygen atoms in total. The number of carbonyl (C=O) groups excluding carboxylic acids is 1. The fourth-order valence-corrected chi connectivity index (χ4v) is 2.22. The Morgan fingerprint density at radius 1 is 1.05 bits per heavy atom. The van der Waals surface area contributed by atoms with Gasteiger partial charge in [-0.15, -0.1) is 0 Å². The molecule has 0 bridgehead atoms. The van der Waals surface area contributed by atoms with Gasteiger partial charge in [0.05, 0.1) is 6.26 Å². The van der Waals surface area contributed by atoms with Crippen molar-refractivity contribution in [3.05, 3.63) is 60.4 Å². The molecule has 21 heavy (non-hydrogen) atoms. The van der Waals surface area contributed by atoms with E-state index in [2.05, 4.69) is 4.99 Å². The number of hydrogen-bond acceptors (Lipinski definition) is 2. The smallest absolute Gasteiger partial charge is 0.280 e. The Labute approximate surface area is 120 Å². The van der Waals surface area contributed by atoms with Gasteiger partial charge in [0.1, 0.15) is 5.58 Å². The number of aliphatic imine (C=N–C) groups is 1. The average molecular weight is 279 g/mol. The van der Waals surface area contributed by atoms with Crippen molar-refractivity contribution in [2.45, 2.75) is 0 Å². The fraction of sp³-hybridized carbons (Fsp3) is 0. The summed E-state index contributed by atoms with van der Waals surface area (Å²) in [5, 5.41) is 1.01. The number of fused-ring (bicyclic) bond motifs is 1. The van der Waals surface area contributed by atoms with Crippen LogP contribution in [0.15, 0.2) is 64.2 Å². The molecule has 1 amide bonds. The summed E-state index contributed by atoms with van der Waals surface area (Å²) in [6.45, 7) is 0. The number of nitrogens with two attached hydrogens (primary N) is 2. The standard InChI is InChI=1S/C16H13N3O2/c17-16(18)19-15(20)12-5-1-4-11(9-12)13-6-2-3-10-7-8-21-14(10)13/h1-9H,(H4,17,18,19,20). The topological polar surface area (TPSA) is 94.6 Å². The van der Waals surface area contributed by atoms with Gasteiger partial charge in [-0.3, -0.25) is 4.79 Å². The molecular formula is C16H13N3O2. The molecule has 3 rings (SSSR count). The van der Waals surface area contributed by atoms with E-state index in [4.69, 9.17) is 15.9 Å². The number of para-hydroxylation sites is 1. The van der Waals surface area contributed by atoms with Gasteiger partial charge in [0.15, 0.2) is 5.96 Å². The number of guanidine groups is 1. The van der Waals surface area contributed by atoms with Gasteiger partial charge in [0.2, 0.25) is 0 Å². The summed E-state index contributed by atoms with van der Waals surface area (Å²) in [5.74, 6) is -0.720. The van der Waals surface area contributed by atoms with Crippen LogP contribution in [0.4, 0.5) is 0 Å². The SMILES string of the molecule is NC(N)=NC(=O)c1cccc(-c2cccc3ccoc23)c1. The molecule has 0 aliphatic rings. The summed E-state index contributed by atoms with van der Waals surface area (Å²) in [6.07, 6.45) is 1.64. The highest BCUT2D eigenvalue weighted by Gasteiger charge is 2.10. The third kappa shape index (κ3) is 2.49. The molecule has 1 heterocycles. The molecule has 4 N–H and O–H groups in total. The lowest BCUT2D eigenvalue weighted by atomic mass is 10.0. The number of benzene rings is 2. The highest BCUT2D eigenvalue weighted by atomic mass is 16.3. The molecule has 104 valence electrons. The minimum atomic E-state index is -0.469. The summed E-state index contributed by atoms with van der Waals surface area (Å²) in [7, 11) is 0. The number of rotatable bonds is 2. The lowest BCUT2D eigenvalue weighted by Crippen LogP contribution is -2.24. The van der Waals surface area contributed by atoms with Crippen molar-refractivity contribution in [3.63, 3.8) is 0 Å². The zero-order chi connectivity index (χ0) is 14.8. The molecule has 0 saturated heterocycles. The Balaban J connectivity index is 2.10.